The number of halogens is 1. The van der Waals surface area contributed by atoms with Crippen LogP contribution in [0.4, 0.5) is 0 Å². The molecule has 0 N–H and O–H groups in total. The molecule has 94 valence electrons. The molecule has 1 aliphatic rings. The van der Waals surface area contributed by atoms with E-state index in [9.17, 15) is 0 Å². The zero-order chi connectivity index (χ0) is 12.8. The van der Waals surface area contributed by atoms with E-state index in [-0.39, 0.29) is 0 Å². The van der Waals surface area contributed by atoms with Crippen molar-refractivity contribution in [2.24, 2.45) is 0 Å². The van der Waals surface area contributed by atoms with Crippen LogP contribution < -0.4 is 0 Å². The Morgan fingerprint density at radius 2 is 1.89 bits per heavy atom. The number of nitrogens with zero attached hydrogens (tertiary/aromatic N) is 2. The monoisotopic (exact) mass is 286 g/mol. The fourth-order valence-electron chi connectivity index (χ4n) is 2.67. The fraction of sp³-hybridized carbons (Fsp3) is 0.200. The molecule has 0 saturated carbocycles. The third-order valence-electron chi connectivity index (χ3n) is 3.55. The van der Waals surface area contributed by atoms with Gasteiger partial charge in [-0.15, -0.1) is 11.3 Å². The van der Waals surface area contributed by atoms with E-state index in [1.807, 2.05) is 30.3 Å². The molecule has 0 fully saturated rings. The van der Waals surface area contributed by atoms with Gasteiger partial charge in [0, 0.05) is 10.4 Å². The highest BCUT2D eigenvalue weighted by Gasteiger charge is 2.21. The van der Waals surface area contributed by atoms with Crippen molar-refractivity contribution < 1.29 is 0 Å². The van der Waals surface area contributed by atoms with Gasteiger partial charge in [-0.25, -0.2) is 9.97 Å². The molecule has 1 aromatic carbocycles. The summed E-state index contributed by atoms with van der Waals surface area (Å²) in [6, 6.07) is 10.00. The number of hydrogen-bond acceptors (Lipinski definition) is 3. The van der Waals surface area contributed by atoms with Gasteiger partial charge in [-0.3, -0.25) is 0 Å². The molecule has 2 aromatic heterocycles. The molecule has 4 rings (SSSR count). The van der Waals surface area contributed by atoms with Crippen LogP contribution in [-0.4, -0.2) is 9.97 Å². The van der Waals surface area contributed by atoms with Crippen LogP contribution in [0.5, 0.6) is 0 Å². The Balaban J connectivity index is 1.97. The highest BCUT2D eigenvalue weighted by molar-refractivity contribution is 7.19. The molecule has 0 unspecified atom stereocenters. The Hall–Kier alpha value is -1.45. The van der Waals surface area contributed by atoms with Gasteiger partial charge in [0.15, 0.2) is 5.82 Å². The van der Waals surface area contributed by atoms with Crippen molar-refractivity contribution in [1.82, 2.24) is 9.97 Å². The van der Waals surface area contributed by atoms with Crippen LogP contribution in [0.2, 0.25) is 5.15 Å². The van der Waals surface area contributed by atoms with Crippen LogP contribution in [0, 0.1) is 0 Å². The third kappa shape index (κ3) is 1.77. The second-order valence-electron chi connectivity index (χ2n) is 4.74. The van der Waals surface area contributed by atoms with E-state index in [4.69, 9.17) is 16.6 Å². The van der Waals surface area contributed by atoms with Crippen LogP contribution in [0.3, 0.4) is 0 Å². The largest absolute Gasteiger partial charge is 0.217 e. The predicted octanol–water partition coefficient (Wildman–Crippen LogP) is 4.50. The van der Waals surface area contributed by atoms with Crippen molar-refractivity contribution in [3.8, 4) is 11.4 Å². The Morgan fingerprint density at radius 1 is 1.05 bits per heavy atom. The van der Waals surface area contributed by atoms with Crippen molar-refractivity contribution >= 4 is 33.2 Å². The lowest BCUT2D eigenvalue weighted by molar-refractivity contribution is 0.917. The lowest BCUT2D eigenvalue weighted by Gasteiger charge is -2.02. The van der Waals surface area contributed by atoms with Crippen LogP contribution in [-0.2, 0) is 12.8 Å². The van der Waals surface area contributed by atoms with Crippen LogP contribution in [0.25, 0.3) is 21.6 Å². The molecular formula is C15H11ClN2S. The summed E-state index contributed by atoms with van der Waals surface area (Å²) in [5, 5.41) is 1.68. The van der Waals surface area contributed by atoms with Gasteiger partial charge in [0.05, 0.1) is 5.39 Å². The minimum absolute atomic E-state index is 0.600. The zero-order valence-corrected chi connectivity index (χ0v) is 11.8. The van der Waals surface area contributed by atoms with Gasteiger partial charge in [0.25, 0.3) is 0 Å². The summed E-state index contributed by atoms with van der Waals surface area (Å²) in [7, 11) is 0. The van der Waals surface area contributed by atoms with E-state index in [2.05, 4.69) is 4.98 Å². The standard InChI is InChI=1S/C15H11ClN2S/c16-13-12-10-7-4-8-11(10)19-15(12)18-14(17-13)9-5-2-1-3-6-9/h1-3,5-6H,4,7-8H2. The Bertz CT molecular complexity index is 765. The first-order valence-electron chi connectivity index (χ1n) is 6.36. The van der Waals surface area contributed by atoms with E-state index >= 15 is 0 Å². The van der Waals surface area contributed by atoms with Gasteiger partial charge >= 0.3 is 0 Å². The van der Waals surface area contributed by atoms with Crippen LogP contribution in [0.15, 0.2) is 30.3 Å². The average molecular weight is 287 g/mol. The number of aryl methyl sites for hydroxylation is 2. The predicted molar refractivity (Wildman–Crippen MR) is 79.9 cm³/mol. The Labute approximate surface area is 120 Å². The minimum atomic E-state index is 0.600. The Morgan fingerprint density at radius 3 is 2.74 bits per heavy atom. The molecule has 4 heteroatoms. The number of hydrogen-bond donors (Lipinski definition) is 0. The molecule has 0 spiro atoms. The highest BCUT2D eigenvalue weighted by atomic mass is 35.5. The maximum atomic E-state index is 6.39. The average Bonchev–Trinajstić information content (AvgIpc) is 2.99. The van der Waals surface area contributed by atoms with Crippen LogP contribution in [0.1, 0.15) is 16.9 Å². The molecule has 0 radical (unpaired) electrons. The first-order valence-corrected chi connectivity index (χ1v) is 7.55. The van der Waals surface area contributed by atoms with E-state index < -0.39 is 0 Å². The molecule has 0 amide bonds. The topological polar surface area (TPSA) is 25.8 Å². The summed E-state index contributed by atoms with van der Waals surface area (Å²) in [5.41, 5.74) is 2.39. The Kier molecular flexibility index (Phi) is 2.57. The van der Waals surface area contributed by atoms with E-state index in [1.54, 1.807) is 11.3 Å². The SMILES string of the molecule is Clc1nc(-c2ccccc2)nc2sc3c(c12)CCC3. The summed E-state index contributed by atoms with van der Waals surface area (Å²) in [4.78, 5) is 11.6. The van der Waals surface area contributed by atoms with Crippen LogP contribution >= 0.6 is 22.9 Å². The number of aromatic nitrogens is 2. The van der Waals surface area contributed by atoms with E-state index in [1.165, 1.54) is 16.9 Å². The summed E-state index contributed by atoms with van der Waals surface area (Å²) >= 11 is 8.17. The number of benzene rings is 1. The molecule has 0 atom stereocenters. The normalized spacial score (nSPS) is 13.9. The lowest BCUT2D eigenvalue weighted by Crippen LogP contribution is -1.90. The van der Waals surface area contributed by atoms with Gasteiger partial charge in [-0.2, -0.15) is 0 Å². The van der Waals surface area contributed by atoms with E-state index in [0.29, 0.717) is 5.15 Å². The number of fused-ring (bicyclic) bond motifs is 3. The van der Waals surface area contributed by atoms with Gasteiger partial charge in [0.1, 0.15) is 9.98 Å². The summed E-state index contributed by atoms with van der Waals surface area (Å²) in [6.07, 6.45) is 3.50. The molecule has 1 aliphatic carbocycles. The highest BCUT2D eigenvalue weighted by Crippen LogP contribution is 2.39. The van der Waals surface area contributed by atoms with Gasteiger partial charge in [-0.05, 0) is 24.8 Å². The smallest absolute Gasteiger partial charge is 0.162 e. The van der Waals surface area contributed by atoms with E-state index in [0.717, 1.165) is 34.4 Å². The molecule has 0 bridgehead atoms. The first-order chi connectivity index (χ1) is 9.33. The van der Waals surface area contributed by atoms with Crippen molar-refractivity contribution in [1.29, 1.82) is 0 Å². The third-order valence-corrected chi connectivity index (χ3v) is 5.01. The molecule has 2 nitrogen and oxygen atoms in total. The molecule has 2 heterocycles. The fourth-order valence-corrected chi connectivity index (χ4v) is 4.27. The maximum absolute atomic E-state index is 6.39. The van der Waals surface area contributed by atoms with Gasteiger partial charge in [-0.1, -0.05) is 41.9 Å². The second-order valence-corrected chi connectivity index (χ2v) is 6.18. The van der Waals surface area contributed by atoms with Crippen molar-refractivity contribution in [3.05, 3.63) is 45.9 Å². The van der Waals surface area contributed by atoms with Gasteiger partial charge < -0.3 is 0 Å². The second kappa shape index (κ2) is 4.29. The zero-order valence-electron chi connectivity index (χ0n) is 10.2. The summed E-state index contributed by atoms with van der Waals surface area (Å²) in [5.74, 6) is 0.720. The quantitative estimate of drug-likeness (QED) is 0.616. The summed E-state index contributed by atoms with van der Waals surface area (Å²) < 4.78 is 0. The number of thiophene rings is 1. The van der Waals surface area contributed by atoms with Crippen molar-refractivity contribution in [2.75, 3.05) is 0 Å². The molecule has 0 saturated heterocycles. The minimum Gasteiger partial charge on any atom is -0.217 e. The molecular weight excluding hydrogens is 276 g/mol. The van der Waals surface area contributed by atoms with Crippen molar-refractivity contribution in [2.45, 2.75) is 19.3 Å². The summed E-state index contributed by atoms with van der Waals surface area (Å²) in [6.45, 7) is 0. The molecule has 19 heavy (non-hydrogen) atoms. The van der Waals surface area contributed by atoms with Crippen molar-refractivity contribution in [3.63, 3.8) is 0 Å². The lowest BCUT2D eigenvalue weighted by atomic mass is 10.2. The molecule has 0 aliphatic heterocycles. The molecule has 3 aromatic rings. The number of rotatable bonds is 1. The first kappa shape index (κ1) is 11.4. The van der Waals surface area contributed by atoms with Gasteiger partial charge in [0.2, 0.25) is 0 Å². The maximum Gasteiger partial charge on any atom is 0.162 e.